The number of nitrogens with zero attached hydrogens (tertiary/aromatic N) is 1. The number of hydrogen-bond donors (Lipinski definition) is 3. The van der Waals surface area contributed by atoms with Gasteiger partial charge in [0.15, 0.2) is 0 Å². The Bertz CT molecular complexity index is 759. The molecule has 5 nitrogen and oxygen atoms in total. The fraction of sp³-hybridized carbons (Fsp3) is 0.158. The zero-order chi connectivity index (χ0) is 17.5. The van der Waals surface area contributed by atoms with E-state index in [1.807, 2.05) is 60.7 Å². The highest BCUT2D eigenvalue weighted by Crippen LogP contribution is 2.23. The van der Waals surface area contributed by atoms with Gasteiger partial charge in [-0.3, -0.25) is 4.79 Å². The summed E-state index contributed by atoms with van der Waals surface area (Å²) in [5, 5.41) is 3.95. The molecular formula is C19H19BrN4O. The van der Waals surface area contributed by atoms with Gasteiger partial charge in [-0.25, -0.2) is 16.3 Å². The summed E-state index contributed by atoms with van der Waals surface area (Å²) in [6.45, 7) is 0. The van der Waals surface area contributed by atoms with Crippen LogP contribution in [0.25, 0.3) is 6.08 Å². The number of nitrogens with one attached hydrogen (secondary N) is 3. The van der Waals surface area contributed by atoms with Crippen molar-refractivity contribution < 1.29 is 4.79 Å². The Kier molecular flexibility index (Phi) is 6.11. The largest absolute Gasteiger partial charge is 0.271 e. The number of carbonyl (C=O) groups excluding carboxylic acids is 1. The molecule has 2 atom stereocenters. The lowest BCUT2D eigenvalue weighted by molar-refractivity contribution is -0.122. The number of hydrogen-bond acceptors (Lipinski definition) is 4. The lowest BCUT2D eigenvalue weighted by Crippen LogP contribution is -2.41. The number of halogens is 1. The van der Waals surface area contributed by atoms with Crippen LogP contribution in [-0.4, -0.2) is 18.2 Å². The van der Waals surface area contributed by atoms with E-state index in [1.54, 1.807) is 12.3 Å². The van der Waals surface area contributed by atoms with Gasteiger partial charge in [0, 0.05) is 16.7 Å². The monoisotopic (exact) mass is 398 g/mol. The molecule has 2 unspecified atom stereocenters. The molecule has 3 N–H and O–H groups in total. The highest BCUT2D eigenvalue weighted by molar-refractivity contribution is 9.10. The molecular weight excluding hydrogens is 380 g/mol. The molecule has 1 heterocycles. The molecule has 1 fully saturated rings. The summed E-state index contributed by atoms with van der Waals surface area (Å²) < 4.78 is 1.04. The Labute approximate surface area is 155 Å². The number of rotatable bonds is 5. The number of allylic oxidation sites excluding steroid dienone is 1. The Balaban J connectivity index is 1.47. The average molecular weight is 399 g/mol. The van der Waals surface area contributed by atoms with Crippen LogP contribution in [0.4, 0.5) is 0 Å². The minimum Gasteiger partial charge on any atom is -0.271 e. The molecule has 25 heavy (non-hydrogen) atoms. The summed E-state index contributed by atoms with van der Waals surface area (Å²) in [4.78, 5) is 12.2. The molecule has 2 aromatic rings. The van der Waals surface area contributed by atoms with E-state index in [-0.39, 0.29) is 18.0 Å². The van der Waals surface area contributed by atoms with Crippen molar-refractivity contribution in [2.45, 2.75) is 18.5 Å². The van der Waals surface area contributed by atoms with Gasteiger partial charge in [0.2, 0.25) is 0 Å². The number of benzene rings is 2. The van der Waals surface area contributed by atoms with Gasteiger partial charge in [0.05, 0.1) is 0 Å². The van der Waals surface area contributed by atoms with Crippen molar-refractivity contribution in [3.8, 4) is 0 Å². The molecule has 128 valence electrons. The maximum absolute atomic E-state index is 12.2. The van der Waals surface area contributed by atoms with Crippen LogP contribution >= 0.6 is 15.9 Å². The second-order valence-electron chi connectivity index (χ2n) is 5.71. The van der Waals surface area contributed by atoms with E-state index in [2.05, 4.69) is 37.3 Å². The van der Waals surface area contributed by atoms with E-state index in [1.165, 1.54) is 0 Å². The van der Waals surface area contributed by atoms with Crippen LogP contribution in [0.5, 0.6) is 0 Å². The Morgan fingerprint density at radius 2 is 1.88 bits per heavy atom. The molecule has 1 aliphatic heterocycles. The van der Waals surface area contributed by atoms with Crippen LogP contribution in [0.15, 0.2) is 70.2 Å². The Morgan fingerprint density at radius 3 is 2.64 bits per heavy atom. The fourth-order valence-corrected chi connectivity index (χ4v) is 2.85. The second kappa shape index (κ2) is 8.71. The summed E-state index contributed by atoms with van der Waals surface area (Å²) >= 11 is 3.42. The van der Waals surface area contributed by atoms with Gasteiger partial charge in [0.1, 0.15) is 6.04 Å². The standard InChI is InChI=1S/C19H19BrN4O/c20-16-10-8-15(9-11-16)17-13-18(23-22-17)19(25)24-21-12-4-7-14-5-2-1-3-6-14/h1-12,17-18,22-23H,13H2,(H,24,25)/b7-4+,21-12+. The van der Waals surface area contributed by atoms with E-state index in [4.69, 9.17) is 0 Å². The van der Waals surface area contributed by atoms with Crippen molar-refractivity contribution >= 4 is 34.1 Å². The normalized spacial score (nSPS) is 20.4. The summed E-state index contributed by atoms with van der Waals surface area (Å²) in [7, 11) is 0. The quantitative estimate of drug-likeness (QED) is 0.535. The van der Waals surface area contributed by atoms with E-state index < -0.39 is 0 Å². The maximum atomic E-state index is 12.2. The minimum absolute atomic E-state index is 0.103. The van der Waals surface area contributed by atoms with Crippen LogP contribution in [0.3, 0.4) is 0 Å². The lowest BCUT2D eigenvalue weighted by Gasteiger charge is -2.09. The van der Waals surface area contributed by atoms with E-state index >= 15 is 0 Å². The fourth-order valence-electron chi connectivity index (χ4n) is 2.58. The second-order valence-corrected chi connectivity index (χ2v) is 6.62. The molecule has 0 spiro atoms. The van der Waals surface area contributed by atoms with Crippen molar-refractivity contribution in [3.63, 3.8) is 0 Å². The third kappa shape index (κ3) is 5.09. The first kappa shape index (κ1) is 17.5. The SMILES string of the molecule is O=C(N/N=C/C=C/c1ccccc1)C1CC(c2ccc(Br)cc2)NN1. The summed E-state index contributed by atoms with van der Waals surface area (Å²) in [5.41, 5.74) is 11.0. The first-order valence-electron chi connectivity index (χ1n) is 8.03. The number of amides is 1. The van der Waals surface area contributed by atoms with Crippen molar-refractivity contribution in [3.05, 3.63) is 76.3 Å². The van der Waals surface area contributed by atoms with Crippen molar-refractivity contribution in [1.29, 1.82) is 0 Å². The third-order valence-corrected chi connectivity index (χ3v) is 4.44. The van der Waals surface area contributed by atoms with E-state index in [9.17, 15) is 4.79 Å². The topological polar surface area (TPSA) is 65.5 Å². The molecule has 0 bridgehead atoms. The van der Waals surface area contributed by atoms with Gasteiger partial charge in [-0.05, 0) is 35.8 Å². The highest BCUT2D eigenvalue weighted by Gasteiger charge is 2.29. The molecule has 2 aromatic carbocycles. The Hall–Kier alpha value is -2.28. The highest BCUT2D eigenvalue weighted by atomic mass is 79.9. The van der Waals surface area contributed by atoms with Crippen molar-refractivity contribution in [2.24, 2.45) is 5.10 Å². The molecule has 1 aliphatic rings. The first-order valence-corrected chi connectivity index (χ1v) is 8.83. The first-order chi connectivity index (χ1) is 12.2. The Morgan fingerprint density at radius 1 is 1.12 bits per heavy atom. The summed E-state index contributed by atoms with van der Waals surface area (Å²) in [6, 6.07) is 17.8. The summed E-state index contributed by atoms with van der Waals surface area (Å²) in [5.74, 6) is -0.156. The molecule has 0 aromatic heterocycles. The zero-order valence-electron chi connectivity index (χ0n) is 13.5. The molecule has 0 aliphatic carbocycles. The predicted octanol–water partition coefficient (Wildman–Crippen LogP) is 3.17. The van der Waals surface area contributed by atoms with E-state index in [0.29, 0.717) is 6.42 Å². The van der Waals surface area contributed by atoms with Gasteiger partial charge >= 0.3 is 0 Å². The van der Waals surface area contributed by atoms with Crippen molar-refractivity contribution in [2.75, 3.05) is 0 Å². The summed E-state index contributed by atoms with van der Waals surface area (Å²) in [6.07, 6.45) is 5.96. The molecule has 1 saturated heterocycles. The third-order valence-electron chi connectivity index (χ3n) is 3.92. The number of hydrazone groups is 1. The number of carbonyl (C=O) groups is 1. The van der Waals surface area contributed by atoms with Crippen LogP contribution < -0.4 is 16.3 Å². The molecule has 6 heteroatoms. The van der Waals surface area contributed by atoms with Crippen LogP contribution in [0.2, 0.25) is 0 Å². The van der Waals surface area contributed by atoms with Crippen molar-refractivity contribution in [1.82, 2.24) is 16.3 Å². The average Bonchev–Trinajstić information content (AvgIpc) is 3.13. The van der Waals surface area contributed by atoms with Gasteiger partial charge in [0.25, 0.3) is 5.91 Å². The smallest absolute Gasteiger partial charge is 0.258 e. The van der Waals surface area contributed by atoms with Gasteiger partial charge in [-0.2, -0.15) is 5.10 Å². The van der Waals surface area contributed by atoms with E-state index in [0.717, 1.165) is 15.6 Å². The van der Waals surface area contributed by atoms with Gasteiger partial charge < -0.3 is 0 Å². The number of hydrazine groups is 1. The van der Waals surface area contributed by atoms with Crippen LogP contribution in [0, 0.1) is 0 Å². The van der Waals surface area contributed by atoms with Crippen LogP contribution in [0.1, 0.15) is 23.6 Å². The molecule has 0 saturated carbocycles. The minimum atomic E-state index is -0.316. The maximum Gasteiger partial charge on any atom is 0.258 e. The lowest BCUT2D eigenvalue weighted by atomic mass is 10.0. The predicted molar refractivity (Wildman–Crippen MR) is 104 cm³/mol. The van der Waals surface area contributed by atoms with Gasteiger partial charge in [-0.1, -0.05) is 64.5 Å². The molecule has 0 radical (unpaired) electrons. The zero-order valence-corrected chi connectivity index (χ0v) is 15.1. The molecule has 3 rings (SSSR count). The van der Waals surface area contributed by atoms with Gasteiger partial charge in [-0.15, -0.1) is 0 Å². The van der Waals surface area contributed by atoms with Crippen LogP contribution in [-0.2, 0) is 4.79 Å². The molecule has 1 amide bonds.